The minimum absolute atomic E-state index is 0.525. The van der Waals surface area contributed by atoms with Crippen molar-refractivity contribution in [2.24, 2.45) is 5.10 Å². The second-order valence-electron chi connectivity index (χ2n) is 4.65. The summed E-state index contributed by atoms with van der Waals surface area (Å²) in [6.07, 6.45) is 8.23. The van der Waals surface area contributed by atoms with Crippen molar-refractivity contribution >= 4 is 34.9 Å². The third kappa shape index (κ3) is 4.07. The Morgan fingerprint density at radius 1 is 1.44 bits per heavy atom. The summed E-state index contributed by atoms with van der Waals surface area (Å²) in [6, 6.07) is 2.61. The minimum Gasteiger partial charge on any atom is -0.359 e. The number of hydrogen-bond acceptors (Lipinski definition) is 3. The van der Waals surface area contributed by atoms with Gasteiger partial charge in [0.2, 0.25) is 0 Å². The van der Waals surface area contributed by atoms with Crippen LogP contribution in [0.5, 0.6) is 0 Å². The summed E-state index contributed by atoms with van der Waals surface area (Å²) >= 11 is 6.91. The lowest BCUT2D eigenvalue weighted by molar-refractivity contribution is 0.412. The van der Waals surface area contributed by atoms with Crippen LogP contribution in [0, 0.1) is 6.92 Å². The molecule has 1 aromatic heterocycles. The quantitative estimate of drug-likeness (QED) is 0.507. The van der Waals surface area contributed by atoms with E-state index in [4.69, 9.17) is 12.2 Å². The molecule has 3 nitrogen and oxygen atoms in total. The maximum Gasteiger partial charge on any atom is 0.187 e. The molecule has 0 amide bonds. The zero-order valence-electron chi connectivity index (χ0n) is 10.6. The highest BCUT2D eigenvalue weighted by Gasteiger charge is 2.13. The molecule has 0 aromatic carbocycles. The molecular weight excluding hydrogens is 262 g/mol. The lowest BCUT2D eigenvalue weighted by Crippen LogP contribution is -2.40. The van der Waals surface area contributed by atoms with Gasteiger partial charge in [0.25, 0.3) is 0 Å². The van der Waals surface area contributed by atoms with Crippen molar-refractivity contribution in [3.05, 3.63) is 21.9 Å². The van der Waals surface area contributed by atoms with Crippen LogP contribution < -0.4 is 10.7 Å². The van der Waals surface area contributed by atoms with Gasteiger partial charge in [0.05, 0.1) is 6.21 Å². The van der Waals surface area contributed by atoms with Crippen LogP contribution in [0.3, 0.4) is 0 Å². The monoisotopic (exact) mass is 281 g/mol. The molecule has 5 heteroatoms. The first kappa shape index (κ1) is 13.5. The van der Waals surface area contributed by atoms with E-state index in [0.29, 0.717) is 11.2 Å². The van der Waals surface area contributed by atoms with E-state index in [1.807, 2.05) is 6.21 Å². The number of thiophene rings is 1. The van der Waals surface area contributed by atoms with E-state index in [1.54, 1.807) is 11.3 Å². The summed E-state index contributed by atoms with van der Waals surface area (Å²) in [5, 5.41) is 10.2. The van der Waals surface area contributed by atoms with Gasteiger partial charge < -0.3 is 5.32 Å². The van der Waals surface area contributed by atoms with Crippen molar-refractivity contribution in [2.45, 2.75) is 45.1 Å². The number of rotatable bonds is 3. The maximum atomic E-state index is 5.23. The zero-order chi connectivity index (χ0) is 12.8. The lowest BCUT2D eigenvalue weighted by atomic mass is 9.96. The highest BCUT2D eigenvalue weighted by molar-refractivity contribution is 7.80. The van der Waals surface area contributed by atoms with E-state index in [1.165, 1.54) is 42.5 Å². The molecule has 1 heterocycles. The van der Waals surface area contributed by atoms with Gasteiger partial charge in [-0.2, -0.15) is 5.10 Å². The second-order valence-corrected chi connectivity index (χ2v) is 6.00. The highest BCUT2D eigenvalue weighted by Crippen LogP contribution is 2.17. The van der Waals surface area contributed by atoms with Gasteiger partial charge in [0.1, 0.15) is 0 Å². The molecule has 2 rings (SSSR count). The van der Waals surface area contributed by atoms with Gasteiger partial charge in [-0.1, -0.05) is 19.3 Å². The molecule has 18 heavy (non-hydrogen) atoms. The van der Waals surface area contributed by atoms with Gasteiger partial charge in [-0.3, -0.25) is 5.43 Å². The van der Waals surface area contributed by atoms with Gasteiger partial charge in [0, 0.05) is 10.9 Å². The standard InChI is InChI=1S/C13H19N3S2/c1-10-7-8-18-12(10)9-14-16-13(17)15-11-5-3-2-4-6-11/h7-9,11H,2-6H2,1H3,(H2,15,16,17). The number of nitrogens with one attached hydrogen (secondary N) is 2. The van der Waals surface area contributed by atoms with Crippen LogP contribution in [0.25, 0.3) is 0 Å². The third-order valence-electron chi connectivity index (χ3n) is 3.19. The van der Waals surface area contributed by atoms with Crippen LogP contribution in [0.15, 0.2) is 16.5 Å². The molecule has 98 valence electrons. The first-order valence-electron chi connectivity index (χ1n) is 6.39. The van der Waals surface area contributed by atoms with E-state index in [2.05, 4.69) is 34.2 Å². The first-order valence-corrected chi connectivity index (χ1v) is 7.68. The third-order valence-corrected chi connectivity index (χ3v) is 4.35. The van der Waals surface area contributed by atoms with E-state index >= 15 is 0 Å². The average Bonchev–Trinajstić information content (AvgIpc) is 2.76. The zero-order valence-corrected chi connectivity index (χ0v) is 12.2. The Balaban J connectivity index is 1.74. The lowest BCUT2D eigenvalue weighted by Gasteiger charge is -2.23. The topological polar surface area (TPSA) is 36.4 Å². The Kier molecular flexibility index (Phi) is 5.13. The summed E-state index contributed by atoms with van der Waals surface area (Å²) in [6.45, 7) is 2.08. The molecule has 0 unspecified atom stereocenters. The molecule has 1 aromatic rings. The van der Waals surface area contributed by atoms with Gasteiger partial charge >= 0.3 is 0 Å². The molecule has 2 N–H and O–H groups in total. The molecule has 0 radical (unpaired) electrons. The first-order chi connectivity index (χ1) is 8.75. The number of hydrogen-bond donors (Lipinski definition) is 2. The molecule has 0 aliphatic heterocycles. The van der Waals surface area contributed by atoms with Crippen LogP contribution in [-0.4, -0.2) is 17.4 Å². The molecule has 0 atom stereocenters. The fraction of sp³-hybridized carbons (Fsp3) is 0.538. The highest BCUT2D eigenvalue weighted by atomic mass is 32.1. The Morgan fingerprint density at radius 3 is 2.89 bits per heavy atom. The van der Waals surface area contributed by atoms with Gasteiger partial charge in [-0.15, -0.1) is 11.3 Å². The Hall–Kier alpha value is -0.940. The molecule has 1 aliphatic carbocycles. The summed E-state index contributed by atoms with van der Waals surface area (Å²) < 4.78 is 0. The van der Waals surface area contributed by atoms with E-state index in [0.717, 1.165) is 0 Å². The summed E-state index contributed by atoms with van der Waals surface area (Å²) in [4.78, 5) is 1.17. The number of aryl methyl sites for hydroxylation is 1. The largest absolute Gasteiger partial charge is 0.359 e. The summed E-state index contributed by atoms with van der Waals surface area (Å²) in [7, 11) is 0. The van der Waals surface area contributed by atoms with E-state index in [9.17, 15) is 0 Å². The van der Waals surface area contributed by atoms with Crippen molar-refractivity contribution in [2.75, 3.05) is 0 Å². The molecular formula is C13H19N3S2. The van der Waals surface area contributed by atoms with Crippen LogP contribution in [-0.2, 0) is 0 Å². The maximum absolute atomic E-state index is 5.23. The fourth-order valence-electron chi connectivity index (χ4n) is 2.13. The van der Waals surface area contributed by atoms with E-state index in [-0.39, 0.29) is 0 Å². The molecule has 1 saturated carbocycles. The van der Waals surface area contributed by atoms with Crippen molar-refractivity contribution in [3.8, 4) is 0 Å². The van der Waals surface area contributed by atoms with Crippen molar-refractivity contribution in [1.29, 1.82) is 0 Å². The SMILES string of the molecule is Cc1ccsc1C=NNC(=S)NC1CCCCC1. The average molecular weight is 281 g/mol. The fourth-order valence-corrected chi connectivity index (χ4v) is 3.14. The van der Waals surface area contributed by atoms with Gasteiger partial charge in [-0.25, -0.2) is 0 Å². The Morgan fingerprint density at radius 2 is 2.22 bits per heavy atom. The second kappa shape index (κ2) is 6.85. The molecule has 0 saturated heterocycles. The van der Waals surface area contributed by atoms with E-state index < -0.39 is 0 Å². The number of thiocarbonyl (C=S) groups is 1. The normalized spacial score (nSPS) is 16.9. The predicted octanol–water partition coefficient (Wildman–Crippen LogP) is 3.19. The van der Waals surface area contributed by atoms with Crippen LogP contribution in [0.4, 0.5) is 0 Å². The molecule has 1 aliphatic rings. The minimum atomic E-state index is 0.525. The van der Waals surface area contributed by atoms with Crippen LogP contribution in [0.2, 0.25) is 0 Å². The van der Waals surface area contributed by atoms with Crippen molar-refractivity contribution in [3.63, 3.8) is 0 Å². The Bertz CT molecular complexity index is 420. The smallest absolute Gasteiger partial charge is 0.187 e. The molecule has 0 spiro atoms. The number of nitrogens with zero attached hydrogens (tertiary/aromatic N) is 1. The van der Waals surface area contributed by atoms with Crippen LogP contribution >= 0.6 is 23.6 Å². The van der Waals surface area contributed by atoms with Gasteiger partial charge in [0.15, 0.2) is 5.11 Å². The Labute approximate surface area is 118 Å². The summed E-state index contributed by atoms with van der Waals surface area (Å²) in [5.41, 5.74) is 4.14. The van der Waals surface area contributed by atoms with Crippen molar-refractivity contribution in [1.82, 2.24) is 10.7 Å². The van der Waals surface area contributed by atoms with Gasteiger partial charge in [-0.05, 0) is 49.0 Å². The molecule has 1 fully saturated rings. The van der Waals surface area contributed by atoms with Crippen molar-refractivity contribution < 1.29 is 0 Å². The predicted molar refractivity (Wildman–Crippen MR) is 82.4 cm³/mol. The number of hydrazone groups is 1. The molecule has 0 bridgehead atoms. The summed E-state index contributed by atoms with van der Waals surface area (Å²) in [5.74, 6) is 0. The van der Waals surface area contributed by atoms with Crippen LogP contribution in [0.1, 0.15) is 42.5 Å².